The van der Waals surface area contributed by atoms with Gasteiger partial charge in [0.1, 0.15) is 11.2 Å². The number of thiophene rings is 1. The number of nitrogens with zero attached hydrogens (tertiary/aromatic N) is 2. The zero-order valence-corrected chi connectivity index (χ0v) is 9.72. The van der Waals surface area contributed by atoms with Crippen molar-refractivity contribution in [2.45, 2.75) is 26.2 Å². The van der Waals surface area contributed by atoms with E-state index in [1.807, 2.05) is 0 Å². The molecule has 0 atom stereocenters. The lowest BCUT2D eigenvalue weighted by Gasteiger charge is -2.16. The Morgan fingerprint density at radius 2 is 2.00 bits per heavy atom. The fourth-order valence-electron chi connectivity index (χ4n) is 1.50. The standard InChI is InChI=1S/C10H13N3OS/c1-10(2,3)7-6(11)5-8(14)12-4-13-9(5)15-7/h4H,11H2,1-3H3,(H,12,13,14). The van der Waals surface area contributed by atoms with E-state index in [4.69, 9.17) is 5.73 Å². The van der Waals surface area contributed by atoms with Gasteiger partial charge in [-0.25, -0.2) is 9.97 Å². The van der Waals surface area contributed by atoms with E-state index in [2.05, 4.69) is 30.7 Å². The van der Waals surface area contributed by atoms with Crippen molar-refractivity contribution in [3.05, 3.63) is 11.2 Å². The van der Waals surface area contributed by atoms with E-state index >= 15 is 0 Å². The van der Waals surface area contributed by atoms with E-state index in [0.717, 1.165) is 9.71 Å². The molecule has 0 unspecified atom stereocenters. The van der Waals surface area contributed by atoms with Crippen molar-refractivity contribution < 1.29 is 5.11 Å². The molecule has 5 heteroatoms. The van der Waals surface area contributed by atoms with Crippen molar-refractivity contribution >= 4 is 27.2 Å². The van der Waals surface area contributed by atoms with Gasteiger partial charge in [-0.05, 0) is 5.41 Å². The van der Waals surface area contributed by atoms with Crippen molar-refractivity contribution in [2.75, 3.05) is 5.73 Å². The summed E-state index contributed by atoms with van der Waals surface area (Å²) < 4.78 is 0. The van der Waals surface area contributed by atoms with E-state index in [1.165, 1.54) is 17.7 Å². The summed E-state index contributed by atoms with van der Waals surface area (Å²) in [5, 5.41) is 10.2. The van der Waals surface area contributed by atoms with Crippen LogP contribution in [0.2, 0.25) is 0 Å². The molecule has 0 fully saturated rings. The maximum absolute atomic E-state index is 9.61. The van der Waals surface area contributed by atoms with Gasteiger partial charge < -0.3 is 10.8 Å². The van der Waals surface area contributed by atoms with Crippen molar-refractivity contribution in [2.24, 2.45) is 0 Å². The van der Waals surface area contributed by atoms with Crippen LogP contribution in [0, 0.1) is 0 Å². The first-order valence-corrected chi connectivity index (χ1v) is 5.45. The van der Waals surface area contributed by atoms with E-state index in [9.17, 15) is 5.11 Å². The van der Waals surface area contributed by atoms with Gasteiger partial charge in [0.25, 0.3) is 0 Å². The van der Waals surface area contributed by atoms with Crippen LogP contribution in [-0.4, -0.2) is 15.1 Å². The average Bonchev–Trinajstić information content (AvgIpc) is 2.44. The Balaban J connectivity index is 2.82. The van der Waals surface area contributed by atoms with Crippen molar-refractivity contribution in [1.29, 1.82) is 0 Å². The average molecular weight is 223 g/mol. The minimum atomic E-state index is -0.0398. The minimum absolute atomic E-state index is 0.0377. The molecule has 2 aromatic heterocycles. The van der Waals surface area contributed by atoms with Gasteiger partial charge in [0, 0.05) is 4.88 Å². The molecule has 4 nitrogen and oxygen atoms in total. The third kappa shape index (κ3) is 1.52. The van der Waals surface area contributed by atoms with E-state index in [1.54, 1.807) is 0 Å². The first kappa shape index (κ1) is 10.2. The highest BCUT2D eigenvalue weighted by atomic mass is 32.1. The molecule has 2 rings (SSSR count). The van der Waals surface area contributed by atoms with Crippen LogP contribution >= 0.6 is 11.3 Å². The summed E-state index contributed by atoms with van der Waals surface area (Å²) >= 11 is 1.51. The summed E-state index contributed by atoms with van der Waals surface area (Å²) in [6, 6.07) is 0. The molecule has 2 heterocycles. The maximum Gasteiger partial charge on any atom is 0.225 e. The van der Waals surface area contributed by atoms with Gasteiger partial charge in [0.05, 0.1) is 11.1 Å². The molecule has 0 aromatic carbocycles. The molecule has 0 aliphatic heterocycles. The Morgan fingerprint density at radius 3 is 2.53 bits per heavy atom. The van der Waals surface area contributed by atoms with E-state index in [-0.39, 0.29) is 11.3 Å². The number of aromatic nitrogens is 2. The Kier molecular flexibility index (Phi) is 2.08. The Bertz CT molecular complexity index is 513. The molecule has 2 aromatic rings. The molecular weight excluding hydrogens is 210 g/mol. The summed E-state index contributed by atoms with van der Waals surface area (Å²) in [5.41, 5.74) is 6.55. The largest absolute Gasteiger partial charge is 0.493 e. The molecule has 0 spiro atoms. The minimum Gasteiger partial charge on any atom is -0.493 e. The number of hydrogen-bond acceptors (Lipinski definition) is 5. The van der Waals surface area contributed by atoms with Gasteiger partial charge in [-0.15, -0.1) is 11.3 Å². The monoisotopic (exact) mass is 223 g/mol. The molecule has 0 aliphatic carbocycles. The number of aromatic hydroxyl groups is 1. The molecule has 0 amide bonds. The number of rotatable bonds is 0. The lowest BCUT2D eigenvalue weighted by molar-refractivity contribution is 0.459. The topological polar surface area (TPSA) is 72.0 Å². The highest BCUT2D eigenvalue weighted by Gasteiger charge is 2.23. The van der Waals surface area contributed by atoms with E-state index < -0.39 is 0 Å². The van der Waals surface area contributed by atoms with Gasteiger partial charge in [-0.3, -0.25) is 0 Å². The highest BCUT2D eigenvalue weighted by Crippen LogP contribution is 2.42. The fourth-order valence-corrected chi connectivity index (χ4v) is 2.61. The number of nitrogen functional groups attached to an aromatic ring is 1. The van der Waals surface area contributed by atoms with Crippen molar-refractivity contribution in [3.63, 3.8) is 0 Å². The number of hydrogen-bond donors (Lipinski definition) is 2. The van der Waals surface area contributed by atoms with Crippen LogP contribution in [0.25, 0.3) is 10.2 Å². The summed E-state index contributed by atoms with van der Waals surface area (Å²) in [4.78, 5) is 9.62. The fraction of sp³-hybridized carbons (Fsp3) is 0.400. The lowest BCUT2D eigenvalue weighted by Crippen LogP contribution is -2.10. The lowest BCUT2D eigenvalue weighted by atomic mass is 9.93. The van der Waals surface area contributed by atoms with Crippen LogP contribution in [0.1, 0.15) is 25.6 Å². The summed E-state index contributed by atoms with van der Waals surface area (Å²) in [5.74, 6) is -0.0377. The Hall–Kier alpha value is -1.36. The summed E-state index contributed by atoms with van der Waals surface area (Å²) in [6.07, 6.45) is 1.35. The number of fused-ring (bicyclic) bond motifs is 1. The maximum atomic E-state index is 9.61. The second-order valence-corrected chi connectivity index (χ2v) is 5.47. The normalized spacial score (nSPS) is 12.2. The molecule has 15 heavy (non-hydrogen) atoms. The zero-order chi connectivity index (χ0) is 11.2. The molecule has 80 valence electrons. The predicted molar refractivity (Wildman–Crippen MR) is 62.2 cm³/mol. The van der Waals surface area contributed by atoms with Crippen molar-refractivity contribution in [3.8, 4) is 5.88 Å². The van der Waals surface area contributed by atoms with Gasteiger partial charge in [-0.2, -0.15) is 0 Å². The third-order valence-electron chi connectivity index (χ3n) is 2.19. The van der Waals surface area contributed by atoms with Crippen LogP contribution in [-0.2, 0) is 5.41 Å². The van der Waals surface area contributed by atoms with Gasteiger partial charge in [0.15, 0.2) is 0 Å². The molecular formula is C10H13N3OS. The van der Waals surface area contributed by atoms with E-state index in [0.29, 0.717) is 11.1 Å². The first-order valence-electron chi connectivity index (χ1n) is 4.63. The predicted octanol–water partition coefficient (Wildman–Crippen LogP) is 2.28. The second kappa shape index (κ2) is 3.06. The SMILES string of the molecule is CC(C)(C)c1sc2ncnc(O)c2c1N. The second-order valence-electron chi connectivity index (χ2n) is 4.47. The summed E-state index contributed by atoms with van der Waals surface area (Å²) in [6.45, 7) is 6.25. The van der Waals surface area contributed by atoms with Crippen molar-refractivity contribution in [1.82, 2.24) is 9.97 Å². The first-order chi connectivity index (χ1) is 6.91. The molecule has 0 saturated heterocycles. The molecule has 0 saturated carbocycles. The van der Waals surface area contributed by atoms with Crippen LogP contribution in [0.4, 0.5) is 5.69 Å². The van der Waals surface area contributed by atoms with Crippen LogP contribution in [0.5, 0.6) is 5.88 Å². The highest BCUT2D eigenvalue weighted by molar-refractivity contribution is 7.19. The van der Waals surface area contributed by atoms with Crippen LogP contribution < -0.4 is 5.73 Å². The molecule has 0 radical (unpaired) electrons. The molecule has 0 bridgehead atoms. The quantitative estimate of drug-likeness (QED) is 0.718. The smallest absolute Gasteiger partial charge is 0.225 e. The number of anilines is 1. The van der Waals surface area contributed by atoms with Gasteiger partial charge in [0.2, 0.25) is 5.88 Å². The molecule has 0 aliphatic rings. The Labute approximate surface area is 91.8 Å². The number of nitrogens with two attached hydrogens (primary N) is 1. The van der Waals surface area contributed by atoms with Crippen LogP contribution in [0.15, 0.2) is 6.33 Å². The zero-order valence-electron chi connectivity index (χ0n) is 8.90. The molecule has 3 N–H and O–H groups in total. The van der Waals surface area contributed by atoms with Crippen LogP contribution in [0.3, 0.4) is 0 Å². The third-order valence-corrected chi connectivity index (χ3v) is 3.73. The van der Waals surface area contributed by atoms with Gasteiger partial charge in [-0.1, -0.05) is 20.8 Å². The summed E-state index contributed by atoms with van der Waals surface area (Å²) in [7, 11) is 0. The Morgan fingerprint density at radius 1 is 1.33 bits per heavy atom. The van der Waals surface area contributed by atoms with Gasteiger partial charge >= 0.3 is 0 Å².